The van der Waals surface area contributed by atoms with Crippen LogP contribution in [0.1, 0.15) is 5.56 Å². The molecule has 8 heteroatoms. The lowest BCUT2D eigenvalue weighted by atomic mass is 10.2. The molecule has 1 aromatic heterocycles. The highest BCUT2D eigenvalue weighted by atomic mass is 16.2. The van der Waals surface area contributed by atoms with Crippen LogP contribution in [0.15, 0.2) is 46.1 Å². The minimum Gasteiger partial charge on any atom is -0.323 e. The number of rotatable bonds is 2. The molecule has 0 saturated carbocycles. The predicted octanol–water partition coefficient (Wildman–Crippen LogP) is 0.0825. The first kappa shape index (κ1) is 16.4. The molecule has 2 aromatic rings. The Labute approximate surface area is 142 Å². The Morgan fingerprint density at radius 1 is 1.16 bits per heavy atom. The molecule has 3 rings (SSSR count). The second-order valence-corrected chi connectivity index (χ2v) is 5.67. The van der Waals surface area contributed by atoms with E-state index in [4.69, 9.17) is 0 Å². The molecule has 25 heavy (non-hydrogen) atoms. The number of hydrogen-bond acceptors (Lipinski definition) is 4. The van der Waals surface area contributed by atoms with Crippen LogP contribution in [-0.2, 0) is 23.7 Å². The van der Waals surface area contributed by atoms with E-state index < -0.39 is 17.2 Å². The molecule has 0 atom stereocenters. The summed E-state index contributed by atoms with van der Waals surface area (Å²) in [7, 11) is 2.89. The molecule has 128 valence electrons. The first-order chi connectivity index (χ1) is 11.9. The number of carbonyl (C=O) groups is 2. The van der Waals surface area contributed by atoms with Crippen molar-refractivity contribution in [3.05, 3.63) is 62.9 Å². The van der Waals surface area contributed by atoms with E-state index in [1.54, 1.807) is 24.3 Å². The van der Waals surface area contributed by atoms with Crippen LogP contribution in [0.2, 0.25) is 0 Å². The average Bonchev–Trinajstić information content (AvgIpc) is 2.60. The van der Waals surface area contributed by atoms with Gasteiger partial charge in [-0.05, 0) is 18.2 Å². The number of anilines is 2. The van der Waals surface area contributed by atoms with Crippen molar-refractivity contribution < 1.29 is 9.59 Å². The van der Waals surface area contributed by atoms with Crippen LogP contribution in [0.25, 0.3) is 6.08 Å². The van der Waals surface area contributed by atoms with Crippen LogP contribution in [-0.4, -0.2) is 27.5 Å². The first-order valence-corrected chi connectivity index (χ1v) is 7.53. The molecule has 0 saturated heterocycles. The van der Waals surface area contributed by atoms with Gasteiger partial charge in [0.2, 0.25) is 5.91 Å². The summed E-state index contributed by atoms with van der Waals surface area (Å²) < 4.78 is 2.23. The first-order valence-electron chi connectivity index (χ1n) is 7.53. The number of aryl methyl sites for hydroxylation is 1. The molecule has 2 amide bonds. The van der Waals surface area contributed by atoms with E-state index in [1.807, 2.05) is 0 Å². The van der Waals surface area contributed by atoms with Gasteiger partial charge in [0.15, 0.2) is 0 Å². The van der Waals surface area contributed by atoms with Gasteiger partial charge in [0, 0.05) is 26.4 Å². The molecule has 1 aliphatic heterocycles. The number of fused-ring (bicyclic) bond motifs is 1. The molecule has 2 heterocycles. The fourth-order valence-electron chi connectivity index (χ4n) is 2.63. The van der Waals surface area contributed by atoms with E-state index in [1.165, 1.54) is 41.9 Å². The Hall–Kier alpha value is -3.42. The fraction of sp³-hybridized carbons (Fsp3) is 0.176. The van der Waals surface area contributed by atoms with Crippen LogP contribution >= 0.6 is 0 Å². The second kappa shape index (κ2) is 6.23. The Morgan fingerprint density at radius 3 is 2.64 bits per heavy atom. The van der Waals surface area contributed by atoms with Gasteiger partial charge in [0.1, 0.15) is 6.54 Å². The summed E-state index contributed by atoms with van der Waals surface area (Å²) >= 11 is 0. The van der Waals surface area contributed by atoms with E-state index in [2.05, 4.69) is 5.32 Å². The Morgan fingerprint density at radius 2 is 1.88 bits per heavy atom. The van der Waals surface area contributed by atoms with Crippen molar-refractivity contribution >= 4 is 29.3 Å². The van der Waals surface area contributed by atoms with Gasteiger partial charge in [-0.25, -0.2) is 4.79 Å². The van der Waals surface area contributed by atoms with Gasteiger partial charge in [-0.1, -0.05) is 12.1 Å². The highest BCUT2D eigenvalue weighted by Gasteiger charge is 2.25. The average molecular weight is 340 g/mol. The number of nitrogens with one attached hydrogen (secondary N) is 1. The van der Waals surface area contributed by atoms with E-state index in [0.29, 0.717) is 11.4 Å². The molecule has 0 unspecified atom stereocenters. The minimum atomic E-state index is -0.496. The summed E-state index contributed by atoms with van der Waals surface area (Å²) in [6.45, 7) is -0.106. The third-order valence-corrected chi connectivity index (χ3v) is 3.92. The van der Waals surface area contributed by atoms with Crippen molar-refractivity contribution in [2.24, 2.45) is 14.1 Å². The summed E-state index contributed by atoms with van der Waals surface area (Å²) in [6, 6.07) is 6.96. The minimum absolute atomic E-state index is 0.106. The molecule has 1 aromatic carbocycles. The Balaban J connectivity index is 1.94. The number of benzene rings is 1. The number of para-hydroxylation sites is 2. The second-order valence-electron chi connectivity index (χ2n) is 5.67. The van der Waals surface area contributed by atoms with Crippen molar-refractivity contribution in [2.45, 2.75) is 0 Å². The maximum Gasteiger partial charge on any atom is 0.330 e. The van der Waals surface area contributed by atoms with Gasteiger partial charge >= 0.3 is 5.69 Å². The largest absolute Gasteiger partial charge is 0.330 e. The lowest BCUT2D eigenvalue weighted by Crippen LogP contribution is -2.41. The summed E-state index contributed by atoms with van der Waals surface area (Å²) in [5.74, 6) is -0.725. The number of carbonyl (C=O) groups excluding carboxylic acids is 2. The number of aromatic nitrogens is 2. The molecule has 0 bridgehead atoms. The van der Waals surface area contributed by atoms with Crippen LogP contribution in [0.3, 0.4) is 0 Å². The van der Waals surface area contributed by atoms with E-state index in [9.17, 15) is 19.2 Å². The molecule has 1 aliphatic rings. The molecule has 0 spiro atoms. The van der Waals surface area contributed by atoms with Gasteiger partial charge in [-0.3, -0.25) is 23.9 Å². The van der Waals surface area contributed by atoms with Gasteiger partial charge in [0.05, 0.1) is 16.9 Å². The van der Waals surface area contributed by atoms with Crippen LogP contribution in [0.5, 0.6) is 0 Å². The van der Waals surface area contributed by atoms with E-state index in [0.717, 1.165) is 4.57 Å². The highest BCUT2D eigenvalue weighted by Crippen LogP contribution is 2.28. The molecule has 0 fully saturated rings. The van der Waals surface area contributed by atoms with Gasteiger partial charge < -0.3 is 9.88 Å². The predicted molar refractivity (Wildman–Crippen MR) is 93.4 cm³/mol. The third-order valence-electron chi connectivity index (χ3n) is 3.92. The monoisotopic (exact) mass is 340 g/mol. The maximum absolute atomic E-state index is 12.5. The fourth-order valence-corrected chi connectivity index (χ4v) is 2.63. The van der Waals surface area contributed by atoms with Crippen molar-refractivity contribution in [3.63, 3.8) is 0 Å². The van der Waals surface area contributed by atoms with Gasteiger partial charge in [0.25, 0.3) is 11.5 Å². The number of nitrogens with zero attached hydrogens (tertiary/aromatic N) is 3. The molecule has 8 nitrogen and oxygen atoms in total. The molecular weight excluding hydrogens is 324 g/mol. The SMILES string of the molecule is Cn1cc(/C=C/C(=O)N2CC(=O)Nc3ccccc32)c(=O)n(C)c1=O. The third kappa shape index (κ3) is 3.01. The van der Waals surface area contributed by atoms with E-state index >= 15 is 0 Å². The topological polar surface area (TPSA) is 93.4 Å². The van der Waals surface area contributed by atoms with Crippen LogP contribution in [0, 0.1) is 0 Å². The molecule has 0 radical (unpaired) electrons. The summed E-state index contributed by atoms with van der Waals surface area (Å²) in [5, 5.41) is 2.70. The number of hydrogen-bond donors (Lipinski definition) is 1. The quantitative estimate of drug-likeness (QED) is 0.784. The molecule has 1 N–H and O–H groups in total. The summed E-state index contributed by atoms with van der Waals surface area (Å²) in [5.41, 5.74) is 0.398. The summed E-state index contributed by atoms with van der Waals surface area (Å²) in [6.07, 6.45) is 3.93. The smallest absolute Gasteiger partial charge is 0.323 e. The Bertz CT molecular complexity index is 1020. The van der Waals surface area contributed by atoms with Gasteiger partial charge in [-0.15, -0.1) is 0 Å². The maximum atomic E-state index is 12.5. The van der Waals surface area contributed by atoms with Crippen molar-refractivity contribution in [3.8, 4) is 0 Å². The van der Waals surface area contributed by atoms with Crippen LogP contribution in [0.4, 0.5) is 11.4 Å². The van der Waals surface area contributed by atoms with Gasteiger partial charge in [-0.2, -0.15) is 0 Å². The molecular formula is C17H16N4O4. The van der Waals surface area contributed by atoms with Crippen molar-refractivity contribution in [1.29, 1.82) is 0 Å². The Kier molecular flexibility index (Phi) is 4.10. The zero-order valence-electron chi connectivity index (χ0n) is 13.7. The lowest BCUT2D eigenvalue weighted by Gasteiger charge is -2.28. The van der Waals surface area contributed by atoms with Crippen LogP contribution < -0.4 is 21.5 Å². The van der Waals surface area contributed by atoms with Crippen molar-refractivity contribution in [1.82, 2.24) is 9.13 Å². The standard InChI is InChI=1S/C17H16N4O4/c1-19-9-11(16(24)20(2)17(19)25)7-8-15(23)21-10-14(22)18-12-5-3-4-6-13(12)21/h3-9H,10H2,1-2H3,(H,18,22)/b8-7+. The molecule has 0 aliphatic carbocycles. The zero-order chi connectivity index (χ0) is 18.1. The lowest BCUT2D eigenvalue weighted by molar-refractivity contribution is -0.119. The highest BCUT2D eigenvalue weighted by molar-refractivity contribution is 6.13. The normalized spacial score (nSPS) is 13.7. The van der Waals surface area contributed by atoms with Crippen molar-refractivity contribution in [2.75, 3.05) is 16.8 Å². The zero-order valence-corrected chi connectivity index (χ0v) is 13.7. The number of amides is 2. The summed E-state index contributed by atoms with van der Waals surface area (Å²) in [4.78, 5) is 49.4. The van der Waals surface area contributed by atoms with E-state index in [-0.39, 0.29) is 18.0 Å².